The van der Waals surface area contributed by atoms with Gasteiger partial charge in [0.2, 0.25) is 0 Å². The Hall–Kier alpha value is -2.25. The summed E-state index contributed by atoms with van der Waals surface area (Å²) in [5.74, 6) is 0.972. The Morgan fingerprint density at radius 2 is 2.29 bits per heavy atom. The molecule has 0 aromatic heterocycles. The van der Waals surface area contributed by atoms with E-state index in [0.29, 0.717) is 11.7 Å². The molecule has 0 aromatic carbocycles. The minimum absolute atomic E-state index is 0.369. The molecule has 1 unspecified atom stereocenters. The predicted molar refractivity (Wildman–Crippen MR) is 51.5 cm³/mol. The van der Waals surface area contributed by atoms with E-state index in [1.807, 2.05) is 0 Å². The molecule has 0 aliphatic carbocycles. The molecule has 0 fully saturated rings. The molecule has 4 N–H and O–H groups in total. The van der Waals surface area contributed by atoms with Crippen molar-refractivity contribution in [2.75, 3.05) is 0 Å². The number of nitrogens with one attached hydrogen (secondary N) is 2. The molecule has 72 valence electrons. The minimum Gasteiger partial charge on any atom is -0.350 e. The summed E-state index contributed by atoms with van der Waals surface area (Å²) in [7, 11) is 0. The van der Waals surface area contributed by atoms with E-state index < -0.39 is 6.03 Å². The van der Waals surface area contributed by atoms with Crippen LogP contribution in [0.2, 0.25) is 0 Å². The Bertz CT molecular complexity index is 380. The molecule has 1 atom stereocenters. The maximum absolute atomic E-state index is 10.4. The average molecular weight is 193 g/mol. The first-order chi connectivity index (χ1) is 6.77. The number of rotatable bonds is 0. The van der Waals surface area contributed by atoms with Crippen LogP contribution in [0.4, 0.5) is 4.79 Å². The van der Waals surface area contributed by atoms with Crippen molar-refractivity contribution < 1.29 is 4.79 Å². The molecule has 8 heteroatoms. The molecule has 2 aliphatic heterocycles. The third kappa shape index (κ3) is 1.44. The van der Waals surface area contributed by atoms with Gasteiger partial charge in [0, 0.05) is 0 Å². The molecule has 0 bridgehead atoms. The molecule has 2 rings (SSSR count). The number of aliphatic imine (C=N–C) groups is 4. The van der Waals surface area contributed by atoms with Gasteiger partial charge in [0.15, 0.2) is 17.7 Å². The van der Waals surface area contributed by atoms with Gasteiger partial charge in [0.25, 0.3) is 0 Å². The van der Waals surface area contributed by atoms with E-state index in [1.165, 1.54) is 12.7 Å². The number of amides is 2. The van der Waals surface area contributed by atoms with Crippen LogP contribution in [0, 0.1) is 0 Å². The van der Waals surface area contributed by atoms with E-state index in [-0.39, 0.29) is 6.04 Å². The smallest absolute Gasteiger partial charge is 0.330 e. The van der Waals surface area contributed by atoms with Gasteiger partial charge in [-0.15, -0.1) is 0 Å². The van der Waals surface area contributed by atoms with E-state index in [0.717, 1.165) is 0 Å². The first-order valence-corrected chi connectivity index (χ1v) is 3.78. The number of carbonyl (C=O) groups excluding carboxylic acids is 1. The zero-order chi connectivity index (χ0) is 9.97. The molecule has 14 heavy (non-hydrogen) atoms. The van der Waals surface area contributed by atoms with Crippen molar-refractivity contribution in [3.8, 4) is 0 Å². The van der Waals surface area contributed by atoms with E-state index >= 15 is 0 Å². The van der Waals surface area contributed by atoms with Gasteiger partial charge in [0.1, 0.15) is 12.7 Å². The summed E-state index contributed by atoms with van der Waals surface area (Å²) >= 11 is 0. The summed E-state index contributed by atoms with van der Waals surface area (Å²) in [6.45, 7) is 0. The third-order valence-corrected chi connectivity index (χ3v) is 1.61. The van der Waals surface area contributed by atoms with Crippen molar-refractivity contribution in [2.24, 2.45) is 25.7 Å². The second-order valence-corrected chi connectivity index (χ2v) is 2.53. The Morgan fingerprint density at radius 3 is 3.07 bits per heavy atom. The number of hydrogen-bond donors (Lipinski definition) is 3. The molecule has 2 heterocycles. The highest BCUT2D eigenvalue weighted by molar-refractivity contribution is 6.19. The molecule has 0 radical (unpaired) electrons. The first kappa shape index (κ1) is 8.35. The van der Waals surface area contributed by atoms with Gasteiger partial charge in [-0.2, -0.15) is 0 Å². The fourth-order valence-electron chi connectivity index (χ4n) is 1.04. The van der Waals surface area contributed by atoms with Crippen LogP contribution >= 0.6 is 0 Å². The van der Waals surface area contributed by atoms with Gasteiger partial charge in [-0.1, -0.05) is 0 Å². The average Bonchev–Trinajstić information content (AvgIpc) is 2.62. The summed E-state index contributed by atoms with van der Waals surface area (Å²) in [4.78, 5) is 26.1. The van der Waals surface area contributed by atoms with Crippen LogP contribution in [0.25, 0.3) is 0 Å². The monoisotopic (exact) mass is 193 g/mol. The van der Waals surface area contributed by atoms with Crippen LogP contribution < -0.4 is 16.6 Å². The number of fused-ring (bicyclic) bond motifs is 1. The lowest BCUT2D eigenvalue weighted by Crippen LogP contribution is -2.50. The minimum atomic E-state index is -0.698. The summed E-state index contributed by atoms with van der Waals surface area (Å²) in [6.07, 6.45) is 2.72. The maximum Gasteiger partial charge on any atom is 0.330 e. The zero-order valence-electron chi connectivity index (χ0n) is 7.01. The normalized spacial score (nSPS) is 22.4. The number of nitrogens with two attached hydrogens (primary N) is 1. The second kappa shape index (κ2) is 3.24. The quantitative estimate of drug-likeness (QED) is 0.402. The lowest BCUT2D eigenvalue weighted by Gasteiger charge is -2.15. The lowest BCUT2D eigenvalue weighted by molar-refractivity contribution is 0.247. The number of primary amides is 1. The van der Waals surface area contributed by atoms with Crippen LogP contribution in [0.15, 0.2) is 20.0 Å². The molecule has 0 saturated carbocycles. The second-order valence-electron chi connectivity index (χ2n) is 2.53. The Labute approximate surface area is 78.7 Å². The van der Waals surface area contributed by atoms with E-state index in [1.54, 1.807) is 0 Å². The number of amidine groups is 2. The van der Waals surface area contributed by atoms with Crippen molar-refractivity contribution in [3.05, 3.63) is 0 Å². The van der Waals surface area contributed by atoms with Crippen LogP contribution in [-0.4, -0.2) is 36.4 Å². The summed E-state index contributed by atoms with van der Waals surface area (Å²) in [6, 6.07) is -1.07. The van der Waals surface area contributed by atoms with Crippen molar-refractivity contribution in [1.82, 2.24) is 10.9 Å². The molecule has 8 nitrogen and oxygen atoms in total. The fourth-order valence-corrected chi connectivity index (χ4v) is 1.04. The van der Waals surface area contributed by atoms with Crippen molar-refractivity contribution in [2.45, 2.75) is 6.04 Å². The van der Waals surface area contributed by atoms with Gasteiger partial charge in [-0.05, 0) is 0 Å². The standard InChI is InChI=1S/C6H7N7O/c7-6(14)13-12-5-3-4(9-1-8-3)10-2-11-5/h1-3H,(H3,7,13,14)(H,8,9,10,11,12). The van der Waals surface area contributed by atoms with Crippen molar-refractivity contribution >= 4 is 30.4 Å². The van der Waals surface area contributed by atoms with Crippen molar-refractivity contribution in [3.63, 3.8) is 0 Å². The summed E-state index contributed by atoms with van der Waals surface area (Å²) < 4.78 is 0. The molecule has 0 aromatic rings. The third-order valence-electron chi connectivity index (χ3n) is 1.61. The number of hydrazine groups is 1. The fraction of sp³-hybridized carbons (Fsp3) is 0.167. The summed E-state index contributed by atoms with van der Waals surface area (Å²) in [5, 5.41) is 0. The highest BCUT2D eigenvalue weighted by atomic mass is 16.2. The number of urea groups is 1. The number of hydrogen-bond acceptors (Lipinski definition) is 6. The van der Waals surface area contributed by atoms with Gasteiger partial charge in [0.05, 0.1) is 0 Å². The summed E-state index contributed by atoms with van der Waals surface area (Å²) in [5.41, 5.74) is 9.60. The van der Waals surface area contributed by atoms with Gasteiger partial charge >= 0.3 is 6.03 Å². The van der Waals surface area contributed by atoms with Gasteiger partial charge < -0.3 is 5.73 Å². The Balaban J connectivity index is 2.08. The highest BCUT2D eigenvalue weighted by Gasteiger charge is 2.26. The van der Waals surface area contributed by atoms with Gasteiger partial charge in [-0.3, -0.25) is 15.8 Å². The van der Waals surface area contributed by atoms with E-state index in [9.17, 15) is 4.79 Å². The van der Waals surface area contributed by atoms with Crippen LogP contribution in [0.3, 0.4) is 0 Å². The van der Waals surface area contributed by atoms with E-state index in [4.69, 9.17) is 5.73 Å². The SMILES string of the molecule is NC(=O)NNC1=NC=NC2=NC=NC21. The lowest BCUT2D eigenvalue weighted by atomic mass is 10.2. The number of nitrogens with zero attached hydrogens (tertiary/aromatic N) is 4. The number of carbonyl (C=O) groups is 1. The maximum atomic E-state index is 10.4. The first-order valence-electron chi connectivity index (χ1n) is 3.78. The van der Waals surface area contributed by atoms with Crippen molar-refractivity contribution in [1.29, 1.82) is 0 Å². The molecule has 2 aliphatic rings. The zero-order valence-corrected chi connectivity index (χ0v) is 7.01. The highest BCUT2D eigenvalue weighted by Crippen LogP contribution is 2.06. The van der Waals surface area contributed by atoms with Crippen LogP contribution in [0.1, 0.15) is 0 Å². The topological polar surface area (TPSA) is 117 Å². The predicted octanol–water partition coefficient (Wildman–Crippen LogP) is -1.59. The molecule has 0 spiro atoms. The Kier molecular flexibility index (Phi) is 1.94. The largest absolute Gasteiger partial charge is 0.350 e. The van der Waals surface area contributed by atoms with Crippen LogP contribution in [0.5, 0.6) is 0 Å². The Morgan fingerprint density at radius 1 is 1.43 bits per heavy atom. The molecule has 0 saturated heterocycles. The molecular formula is C6H7N7O. The molecule has 2 amide bonds. The van der Waals surface area contributed by atoms with Gasteiger partial charge in [-0.25, -0.2) is 19.8 Å². The van der Waals surface area contributed by atoms with E-state index in [2.05, 4.69) is 30.8 Å². The van der Waals surface area contributed by atoms with Crippen LogP contribution in [-0.2, 0) is 0 Å². The molecular weight excluding hydrogens is 186 g/mol.